The van der Waals surface area contributed by atoms with Crippen LogP contribution >= 0.6 is 11.6 Å². The molecule has 1 heterocycles. The van der Waals surface area contributed by atoms with Gasteiger partial charge in [0.2, 0.25) is 0 Å². The van der Waals surface area contributed by atoms with Crippen molar-refractivity contribution in [2.45, 2.75) is 18.7 Å². The molecule has 2 nitrogen and oxygen atoms in total. The number of H-pyrrole nitrogens is 1. The largest absolute Gasteiger partial charge is 0.340 e. The number of para-hydroxylation sites is 2. The Hall–Kier alpha value is -1.02. The van der Waals surface area contributed by atoms with Crippen LogP contribution in [0.5, 0.6) is 0 Å². The van der Waals surface area contributed by atoms with Gasteiger partial charge in [0.15, 0.2) is 0 Å². The summed E-state index contributed by atoms with van der Waals surface area (Å²) in [6.45, 7) is 3.85. The van der Waals surface area contributed by atoms with Gasteiger partial charge in [0.05, 0.1) is 15.9 Å². The average molecular weight is 195 g/mol. The molecule has 13 heavy (non-hydrogen) atoms. The van der Waals surface area contributed by atoms with Crippen molar-refractivity contribution in [1.82, 2.24) is 9.97 Å². The van der Waals surface area contributed by atoms with E-state index in [1.54, 1.807) is 0 Å². The molecule has 0 aliphatic heterocycles. The summed E-state index contributed by atoms with van der Waals surface area (Å²) >= 11 is 6.14. The van der Waals surface area contributed by atoms with E-state index in [4.69, 9.17) is 11.6 Å². The molecular formula is C10H11ClN2. The van der Waals surface area contributed by atoms with Gasteiger partial charge in [-0.1, -0.05) is 12.1 Å². The fraction of sp³-hybridized carbons (Fsp3) is 0.300. The second-order valence-electron chi connectivity index (χ2n) is 3.58. The lowest BCUT2D eigenvalue weighted by molar-refractivity contribution is 0.711. The standard InChI is InChI=1S/C10H11ClN2/c1-10(2,11)9-12-7-5-3-4-6-8(7)13-9/h3-6H,1-2H3,(H,12,13). The van der Waals surface area contributed by atoms with Crippen LogP contribution in [0, 0.1) is 0 Å². The minimum Gasteiger partial charge on any atom is -0.340 e. The number of alkyl halides is 1. The van der Waals surface area contributed by atoms with E-state index in [2.05, 4.69) is 9.97 Å². The van der Waals surface area contributed by atoms with E-state index in [1.807, 2.05) is 38.1 Å². The molecule has 0 atom stereocenters. The molecule has 2 rings (SSSR count). The molecule has 2 aromatic rings. The van der Waals surface area contributed by atoms with Crippen molar-refractivity contribution in [3.05, 3.63) is 30.1 Å². The first-order chi connectivity index (χ1) is 6.07. The zero-order valence-electron chi connectivity index (χ0n) is 7.63. The highest BCUT2D eigenvalue weighted by Gasteiger charge is 2.20. The van der Waals surface area contributed by atoms with Crippen molar-refractivity contribution < 1.29 is 0 Å². The summed E-state index contributed by atoms with van der Waals surface area (Å²) in [6, 6.07) is 7.91. The van der Waals surface area contributed by atoms with Crippen LogP contribution in [0.1, 0.15) is 19.7 Å². The lowest BCUT2D eigenvalue weighted by Gasteiger charge is -2.10. The van der Waals surface area contributed by atoms with Crippen LogP contribution < -0.4 is 0 Å². The lowest BCUT2D eigenvalue weighted by atomic mass is 10.2. The Morgan fingerprint density at radius 2 is 2.00 bits per heavy atom. The monoisotopic (exact) mass is 194 g/mol. The van der Waals surface area contributed by atoms with Gasteiger partial charge >= 0.3 is 0 Å². The zero-order chi connectivity index (χ0) is 9.47. The molecular weight excluding hydrogens is 184 g/mol. The third-order valence-corrected chi connectivity index (χ3v) is 2.13. The van der Waals surface area contributed by atoms with Gasteiger partial charge in [-0.3, -0.25) is 0 Å². The zero-order valence-corrected chi connectivity index (χ0v) is 8.39. The predicted molar refractivity (Wildman–Crippen MR) is 55.0 cm³/mol. The molecule has 1 N–H and O–H groups in total. The number of hydrogen-bond acceptors (Lipinski definition) is 1. The quantitative estimate of drug-likeness (QED) is 0.695. The van der Waals surface area contributed by atoms with Crippen molar-refractivity contribution >= 4 is 22.6 Å². The van der Waals surface area contributed by atoms with E-state index in [0.717, 1.165) is 16.9 Å². The fourth-order valence-electron chi connectivity index (χ4n) is 1.23. The summed E-state index contributed by atoms with van der Waals surface area (Å²) in [5.41, 5.74) is 2.00. The van der Waals surface area contributed by atoms with Crippen LogP contribution in [-0.2, 0) is 4.87 Å². The van der Waals surface area contributed by atoms with Gasteiger partial charge in [-0.25, -0.2) is 4.98 Å². The number of benzene rings is 1. The normalized spacial score (nSPS) is 12.2. The highest BCUT2D eigenvalue weighted by atomic mass is 35.5. The number of nitrogens with one attached hydrogen (secondary N) is 1. The summed E-state index contributed by atoms with van der Waals surface area (Å²) in [4.78, 5) is 7.16. The molecule has 0 saturated heterocycles. The van der Waals surface area contributed by atoms with Crippen molar-refractivity contribution in [2.75, 3.05) is 0 Å². The SMILES string of the molecule is CC(C)(Cl)c1nc2ccccc2[nH]1. The van der Waals surface area contributed by atoms with Gasteiger partial charge in [0, 0.05) is 0 Å². The van der Waals surface area contributed by atoms with Crippen LogP contribution in [0.4, 0.5) is 0 Å². The van der Waals surface area contributed by atoms with Crippen LogP contribution in [0.3, 0.4) is 0 Å². The second-order valence-corrected chi connectivity index (χ2v) is 4.52. The van der Waals surface area contributed by atoms with Gasteiger partial charge in [-0.15, -0.1) is 11.6 Å². The molecule has 3 heteroatoms. The molecule has 0 unspecified atom stereocenters. The average Bonchev–Trinajstić information content (AvgIpc) is 2.45. The summed E-state index contributed by atoms with van der Waals surface area (Å²) in [5, 5.41) is 0. The van der Waals surface area contributed by atoms with Gasteiger partial charge in [0.1, 0.15) is 5.82 Å². The van der Waals surface area contributed by atoms with Crippen LogP contribution in [-0.4, -0.2) is 9.97 Å². The van der Waals surface area contributed by atoms with Crippen molar-refractivity contribution in [2.24, 2.45) is 0 Å². The van der Waals surface area contributed by atoms with Gasteiger partial charge in [-0.05, 0) is 26.0 Å². The second kappa shape index (κ2) is 2.74. The predicted octanol–water partition coefficient (Wildman–Crippen LogP) is 3.04. The number of hydrogen-bond donors (Lipinski definition) is 1. The van der Waals surface area contributed by atoms with E-state index in [1.165, 1.54) is 0 Å². The maximum atomic E-state index is 6.14. The molecule has 0 aliphatic rings. The lowest BCUT2D eigenvalue weighted by Crippen LogP contribution is -2.09. The van der Waals surface area contributed by atoms with Crippen molar-refractivity contribution in [1.29, 1.82) is 0 Å². The first kappa shape index (κ1) is 8.57. The van der Waals surface area contributed by atoms with Crippen LogP contribution in [0.2, 0.25) is 0 Å². The van der Waals surface area contributed by atoms with E-state index in [0.29, 0.717) is 0 Å². The smallest absolute Gasteiger partial charge is 0.127 e. The van der Waals surface area contributed by atoms with E-state index >= 15 is 0 Å². The van der Waals surface area contributed by atoms with Crippen LogP contribution in [0.25, 0.3) is 11.0 Å². The summed E-state index contributed by atoms with van der Waals surface area (Å²) in [5.74, 6) is 0.815. The Morgan fingerprint density at radius 3 is 2.62 bits per heavy atom. The molecule has 0 bridgehead atoms. The number of nitrogens with zero attached hydrogens (tertiary/aromatic N) is 1. The molecule has 0 fully saturated rings. The third-order valence-electron chi connectivity index (χ3n) is 1.95. The number of aromatic amines is 1. The summed E-state index contributed by atoms with van der Waals surface area (Å²) in [6.07, 6.45) is 0. The van der Waals surface area contributed by atoms with Gasteiger partial charge < -0.3 is 4.98 Å². The van der Waals surface area contributed by atoms with Crippen LogP contribution in [0.15, 0.2) is 24.3 Å². The molecule has 1 aromatic heterocycles. The Morgan fingerprint density at radius 1 is 1.31 bits per heavy atom. The molecule has 0 saturated carbocycles. The molecule has 0 spiro atoms. The fourth-order valence-corrected chi connectivity index (χ4v) is 1.32. The van der Waals surface area contributed by atoms with E-state index in [9.17, 15) is 0 Å². The Labute approximate surface area is 81.9 Å². The molecule has 0 radical (unpaired) electrons. The Balaban J connectivity index is 2.63. The molecule has 0 aliphatic carbocycles. The maximum Gasteiger partial charge on any atom is 0.127 e. The summed E-state index contributed by atoms with van der Waals surface area (Å²) < 4.78 is 0. The van der Waals surface area contributed by atoms with Gasteiger partial charge in [0.25, 0.3) is 0 Å². The Bertz CT molecular complexity index is 393. The first-order valence-corrected chi connectivity index (χ1v) is 4.59. The minimum atomic E-state index is -0.432. The van der Waals surface area contributed by atoms with Gasteiger partial charge in [-0.2, -0.15) is 0 Å². The number of imidazole rings is 1. The number of halogens is 1. The van der Waals surface area contributed by atoms with E-state index < -0.39 is 4.87 Å². The number of rotatable bonds is 1. The minimum absolute atomic E-state index is 0.432. The third kappa shape index (κ3) is 1.54. The molecule has 1 aromatic carbocycles. The molecule has 0 amide bonds. The molecule has 68 valence electrons. The maximum absolute atomic E-state index is 6.14. The van der Waals surface area contributed by atoms with Crippen molar-refractivity contribution in [3.8, 4) is 0 Å². The summed E-state index contributed by atoms with van der Waals surface area (Å²) in [7, 11) is 0. The number of fused-ring (bicyclic) bond motifs is 1. The topological polar surface area (TPSA) is 28.7 Å². The highest BCUT2D eigenvalue weighted by molar-refractivity contribution is 6.23. The first-order valence-electron chi connectivity index (χ1n) is 4.21. The van der Waals surface area contributed by atoms with E-state index in [-0.39, 0.29) is 0 Å². The van der Waals surface area contributed by atoms with Crippen molar-refractivity contribution in [3.63, 3.8) is 0 Å². The number of aromatic nitrogens is 2. The highest BCUT2D eigenvalue weighted by Crippen LogP contribution is 2.26. The Kier molecular flexibility index (Phi) is 1.81.